The zero-order valence-electron chi connectivity index (χ0n) is 10.6. The predicted octanol–water partition coefficient (Wildman–Crippen LogP) is 3.31. The Bertz CT molecular complexity index is 354. The van der Waals surface area contributed by atoms with Crippen LogP contribution in [-0.2, 0) is 12.8 Å². The summed E-state index contributed by atoms with van der Waals surface area (Å²) in [4.78, 5) is 0. The van der Waals surface area contributed by atoms with Crippen LogP contribution in [0.1, 0.15) is 43.2 Å². The van der Waals surface area contributed by atoms with Gasteiger partial charge in [-0.15, -0.1) is 0 Å². The third-order valence-corrected chi connectivity index (χ3v) is 4.82. The molecule has 2 aliphatic rings. The van der Waals surface area contributed by atoms with Gasteiger partial charge in [-0.1, -0.05) is 43.5 Å². The van der Waals surface area contributed by atoms with E-state index in [-0.39, 0.29) is 0 Å². The molecule has 1 fully saturated rings. The molecule has 0 bridgehead atoms. The summed E-state index contributed by atoms with van der Waals surface area (Å²) >= 11 is 0. The molecule has 2 aliphatic carbocycles. The first kappa shape index (κ1) is 11.3. The van der Waals surface area contributed by atoms with Crippen LogP contribution in [-0.4, -0.2) is 6.04 Å². The molecule has 0 radical (unpaired) electrons. The molecule has 0 heterocycles. The zero-order chi connectivity index (χ0) is 11.7. The first-order chi connectivity index (χ1) is 8.34. The molecule has 1 heteroatoms. The highest BCUT2D eigenvalue weighted by atomic mass is 14.7. The Kier molecular flexibility index (Phi) is 3.19. The van der Waals surface area contributed by atoms with Crippen LogP contribution in [0.3, 0.4) is 0 Å². The summed E-state index contributed by atoms with van der Waals surface area (Å²) < 4.78 is 0. The first-order valence-electron chi connectivity index (χ1n) is 7.17. The normalized spacial score (nSPS) is 23.6. The average molecular weight is 229 g/mol. The molecule has 1 saturated carbocycles. The Balaban J connectivity index is 1.67. The van der Waals surface area contributed by atoms with Crippen molar-refractivity contribution >= 4 is 0 Å². The van der Waals surface area contributed by atoms with E-state index in [4.69, 9.17) is 5.73 Å². The highest BCUT2D eigenvalue weighted by Crippen LogP contribution is 2.34. The molecule has 3 rings (SSSR count). The van der Waals surface area contributed by atoms with Gasteiger partial charge in [-0.25, -0.2) is 0 Å². The smallest absolute Gasteiger partial charge is 0.0102 e. The molecule has 92 valence electrons. The van der Waals surface area contributed by atoms with Crippen molar-refractivity contribution in [3.63, 3.8) is 0 Å². The molecule has 0 amide bonds. The highest BCUT2D eigenvalue weighted by molar-refractivity contribution is 5.32. The SMILES string of the molecule is NC(C1CCCCC1)C1Cc2ccccc2C1. The lowest BCUT2D eigenvalue weighted by Crippen LogP contribution is -2.39. The molecule has 1 unspecified atom stereocenters. The molecular formula is C16H23N. The molecule has 0 spiro atoms. The van der Waals surface area contributed by atoms with E-state index in [1.54, 1.807) is 11.1 Å². The Hall–Kier alpha value is -0.820. The average Bonchev–Trinajstić information content (AvgIpc) is 2.82. The van der Waals surface area contributed by atoms with Crippen LogP contribution >= 0.6 is 0 Å². The van der Waals surface area contributed by atoms with E-state index in [1.165, 1.54) is 44.9 Å². The topological polar surface area (TPSA) is 26.0 Å². The molecule has 1 atom stereocenters. The molecule has 0 saturated heterocycles. The van der Waals surface area contributed by atoms with Gasteiger partial charge < -0.3 is 5.73 Å². The molecule has 1 aromatic rings. The van der Waals surface area contributed by atoms with Gasteiger partial charge in [0.1, 0.15) is 0 Å². The number of benzene rings is 1. The minimum Gasteiger partial charge on any atom is -0.327 e. The Labute approximate surface area is 104 Å². The lowest BCUT2D eigenvalue weighted by molar-refractivity contribution is 0.247. The van der Waals surface area contributed by atoms with Gasteiger partial charge in [0.15, 0.2) is 0 Å². The maximum absolute atomic E-state index is 6.53. The maximum atomic E-state index is 6.53. The number of nitrogens with two attached hydrogens (primary N) is 1. The van der Waals surface area contributed by atoms with Crippen LogP contribution in [0.25, 0.3) is 0 Å². The Morgan fingerprint density at radius 1 is 0.882 bits per heavy atom. The second-order valence-electron chi connectivity index (χ2n) is 5.91. The summed E-state index contributed by atoms with van der Waals surface area (Å²) in [5, 5.41) is 0. The Morgan fingerprint density at radius 2 is 1.47 bits per heavy atom. The maximum Gasteiger partial charge on any atom is 0.0102 e. The van der Waals surface area contributed by atoms with Crippen molar-refractivity contribution in [1.82, 2.24) is 0 Å². The first-order valence-corrected chi connectivity index (χ1v) is 7.17. The summed E-state index contributed by atoms with van der Waals surface area (Å²) in [7, 11) is 0. The number of hydrogen-bond donors (Lipinski definition) is 1. The van der Waals surface area contributed by atoms with E-state index in [0.29, 0.717) is 12.0 Å². The van der Waals surface area contributed by atoms with Crippen LogP contribution < -0.4 is 5.73 Å². The summed E-state index contributed by atoms with van der Waals surface area (Å²) in [6.07, 6.45) is 9.40. The van der Waals surface area contributed by atoms with Gasteiger partial charge in [0.05, 0.1) is 0 Å². The van der Waals surface area contributed by atoms with Crippen molar-refractivity contribution in [3.8, 4) is 0 Å². The van der Waals surface area contributed by atoms with Crippen molar-refractivity contribution in [1.29, 1.82) is 0 Å². The van der Waals surface area contributed by atoms with Gasteiger partial charge in [-0.2, -0.15) is 0 Å². The lowest BCUT2D eigenvalue weighted by Gasteiger charge is -2.31. The minimum atomic E-state index is 0.433. The third-order valence-electron chi connectivity index (χ3n) is 4.82. The van der Waals surface area contributed by atoms with E-state index in [9.17, 15) is 0 Å². The Morgan fingerprint density at radius 3 is 2.06 bits per heavy atom. The molecule has 1 nitrogen and oxygen atoms in total. The van der Waals surface area contributed by atoms with E-state index in [1.807, 2.05) is 0 Å². The zero-order valence-corrected chi connectivity index (χ0v) is 10.6. The molecular weight excluding hydrogens is 206 g/mol. The second kappa shape index (κ2) is 4.81. The molecule has 1 aromatic carbocycles. The van der Waals surface area contributed by atoms with Gasteiger partial charge in [-0.3, -0.25) is 0 Å². The fraction of sp³-hybridized carbons (Fsp3) is 0.625. The van der Waals surface area contributed by atoms with E-state index in [0.717, 1.165) is 5.92 Å². The van der Waals surface area contributed by atoms with Crippen LogP contribution in [0.15, 0.2) is 24.3 Å². The van der Waals surface area contributed by atoms with E-state index >= 15 is 0 Å². The van der Waals surface area contributed by atoms with Crippen LogP contribution in [0.5, 0.6) is 0 Å². The fourth-order valence-electron chi connectivity index (χ4n) is 3.77. The predicted molar refractivity (Wildman–Crippen MR) is 71.9 cm³/mol. The third kappa shape index (κ3) is 2.26. The van der Waals surface area contributed by atoms with Gasteiger partial charge >= 0.3 is 0 Å². The van der Waals surface area contributed by atoms with Crippen LogP contribution in [0, 0.1) is 11.8 Å². The van der Waals surface area contributed by atoms with Crippen molar-refractivity contribution in [2.45, 2.75) is 51.0 Å². The van der Waals surface area contributed by atoms with E-state index in [2.05, 4.69) is 24.3 Å². The highest BCUT2D eigenvalue weighted by Gasteiger charge is 2.31. The van der Waals surface area contributed by atoms with Gasteiger partial charge in [0, 0.05) is 6.04 Å². The summed E-state index contributed by atoms with van der Waals surface area (Å²) in [5.74, 6) is 1.50. The molecule has 17 heavy (non-hydrogen) atoms. The molecule has 0 aliphatic heterocycles. The van der Waals surface area contributed by atoms with Crippen LogP contribution in [0.2, 0.25) is 0 Å². The number of hydrogen-bond acceptors (Lipinski definition) is 1. The second-order valence-corrected chi connectivity index (χ2v) is 5.91. The van der Waals surface area contributed by atoms with Gasteiger partial charge in [0.25, 0.3) is 0 Å². The largest absolute Gasteiger partial charge is 0.327 e. The molecule has 0 aromatic heterocycles. The standard InChI is InChI=1S/C16H23N/c17-16(12-6-2-1-3-7-12)15-10-13-8-4-5-9-14(13)11-15/h4-5,8-9,12,15-16H,1-3,6-7,10-11,17H2. The fourth-order valence-corrected chi connectivity index (χ4v) is 3.77. The molecule has 2 N–H and O–H groups in total. The number of rotatable bonds is 2. The van der Waals surface area contributed by atoms with Crippen molar-refractivity contribution in [3.05, 3.63) is 35.4 Å². The summed E-state index contributed by atoms with van der Waals surface area (Å²) in [5.41, 5.74) is 9.62. The lowest BCUT2D eigenvalue weighted by atomic mass is 9.78. The summed E-state index contributed by atoms with van der Waals surface area (Å²) in [6.45, 7) is 0. The monoisotopic (exact) mass is 229 g/mol. The quantitative estimate of drug-likeness (QED) is 0.827. The summed E-state index contributed by atoms with van der Waals surface area (Å²) in [6, 6.07) is 9.31. The van der Waals surface area contributed by atoms with Gasteiger partial charge in [-0.05, 0) is 48.6 Å². The van der Waals surface area contributed by atoms with Crippen molar-refractivity contribution < 1.29 is 0 Å². The minimum absolute atomic E-state index is 0.433. The van der Waals surface area contributed by atoms with E-state index < -0.39 is 0 Å². The van der Waals surface area contributed by atoms with Crippen LogP contribution in [0.4, 0.5) is 0 Å². The van der Waals surface area contributed by atoms with Gasteiger partial charge in [0.2, 0.25) is 0 Å². The van der Waals surface area contributed by atoms with Crippen molar-refractivity contribution in [2.75, 3.05) is 0 Å². The number of fused-ring (bicyclic) bond motifs is 1. The van der Waals surface area contributed by atoms with Crippen molar-refractivity contribution in [2.24, 2.45) is 17.6 Å².